The predicted octanol–water partition coefficient (Wildman–Crippen LogP) is 1.25. The van der Waals surface area contributed by atoms with E-state index in [2.05, 4.69) is 13.8 Å². The van der Waals surface area contributed by atoms with Gasteiger partial charge < -0.3 is 9.80 Å². The van der Waals surface area contributed by atoms with Gasteiger partial charge in [0.25, 0.3) is 0 Å². The molecule has 0 aromatic heterocycles. The van der Waals surface area contributed by atoms with Crippen LogP contribution in [0, 0.1) is 11.8 Å². The average Bonchev–Trinajstić information content (AvgIpc) is 3.18. The molecule has 3 rings (SSSR count). The molecule has 4 nitrogen and oxygen atoms in total. The molecule has 0 N–H and O–H groups in total. The molecule has 2 atom stereocenters. The van der Waals surface area contributed by atoms with Gasteiger partial charge >= 0.3 is 0 Å². The monoisotopic (exact) mass is 250 g/mol. The van der Waals surface area contributed by atoms with Gasteiger partial charge in [-0.1, -0.05) is 0 Å². The maximum atomic E-state index is 12.2. The minimum Gasteiger partial charge on any atom is -0.336 e. The molecule has 3 fully saturated rings. The van der Waals surface area contributed by atoms with Gasteiger partial charge in [-0.25, -0.2) is 0 Å². The molecular formula is C14H22N2O2. The Kier molecular flexibility index (Phi) is 2.83. The molecule has 0 spiro atoms. The molecule has 2 saturated carbocycles. The summed E-state index contributed by atoms with van der Waals surface area (Å²) in [6, 6.07) is 0.356. The highest BCUT2D eigenvalue weighted by atomic mass is 16.2. The SMILES string of the molecule is C[C@@H]1CN(C(=O)C2CC2)[C@@H](C)CN1C(=O)C1CC1. The second-order valence-electron chi connectivity index (χ2n) is 6.23. The molecule has 18 heavy (non-hydrogen) atoms. The highest BCUT2D eigenvalue weighted by Gasteiger charge is 2.42. The summed E-state index contributed by atoms with van der Waals surface area (Å²) >= 11 is 0. The fourth-order valence-electron chi connectivity index (χ4n) is 2.87. The maximum absolute atomic E-state index is 12.2. The molecule has 100 valence electrons. The first-order chi connectivity index (χ1) is 8.58. The second kappa shape index (κ2) is 4.25. The van der Waals surface area contributed by atoms with Crippen LogP contribution in [0.4, 0.5) is 0 Å². The van der Waals surface area contributed by atoms with E-state index < -0.39 is 0 Å². The van der Waals surface area contributed by atoms with Crippen LogP contribution < -0.4 is 0 Å². The van der Waals surface area contributed by atoms with Gasteiger partial charge in [-0.2, -0.15) is 0 Å². The van der Waals surface area contributed by atoms with E-state index in [9.17, 15) is 9.59 Å². The van der Waals surface area contributed by atoms with Gasteiger partial charge in [-0.3, -0.25) is 9.59 Å². The topological polar surface area (TPSA) is 40.6 Å². The largest absolute Gasteiger partial charge is 0.336 e. The lowest BCUT2D eigenvalue weighted by molar-refractivity contribution is -0.147. The Hall–Kier alpha value is -1.06. The average molecular weight is 250 g/mol. The Morgan fingerprint density at radius 3 is 1.39 bits per heavy atom. The third-order valence-electron chi connectivity index (χ3n) is 4.41. The summed E-state index contributed by atoms with van der Waals surface area (Å²) in [4.78, 5) is 28.3. The van der Waals surface area contributed by atoms with Crippen molar-refractivity contribution in [1.82, 2.24) is 9.80 Å². The Balaban J connectivity index is 1.66. The Labute approximate surface area is 108 Å². The Morgan fingerprint density at radius 1 is 0.778 bits per heavy atom. The second-order valence-corrected chi connectivity index (χ2v) is 6.23. The minimum atomic E-state index is 0.178. The third kappa shape index (κ3) is 2.13. The molecular weight excluding hydrogens is 228 g/mol. The first-order valence-corrected chi connectivity index (χ1v) is 7.19. The molecule has 0 radical (unpaired) electrons. The zero-order valence-corrected chi connectivity index (χ0v) is 11.3. The molecule has 2 aliphatic carbocycles. The van der Waals surface area contributed by atoms with Crippen molar-refractivity contribution in [3.63, 3.8) is 0 Å². The van der Waals surface area contributed by atoms with Gasteiger partial charge in [0.2, 0.25) is 11.8 Å². The number of amides is 2. The molecule has 2 amide bonds. The number of hydrogen-bond acceptors (Lipinski definition) is 2. The van der Waals surface area contributed by atoms with Crippen molar-refractivity contribution in [2.75, 3.05) is 13.1 Å². The van der Waals surface area contributed by atoms with Crippen LogP contribution in [-0.2, 0) is 9.59 Å². The van der Waals surface area contributed by atoms with Gasteiger partial charge in [0.05, 0.1) is 0 Å². The molecule has 1 saturated heterocycles. The van der Waals surface area contributed by atoms with Crippen LogP contribution in [0.25, 0.3) is 0 Å². The van der Waals surface area contributed by atoms with Gasteiger partial charge in [0.1, 0.15) is 0 Å². The van der Waals surface area contributed by atoms with Crippen LogP contribution >= 0.6 is 0 Å². The van der Waals surface area contributed by atoms with Crippen molar-refractivity contribution in [2.45, 2.75) is 51.6 Å². The molecule has 4 heteroatoms. The number of piperazine rings is 1. The van der Waals surface area contributed by atoms with Gasteiger partial charge in [-0.05, 0) is 39.5 Å². The minimum absolute atomic E-state index is 0.178. The van der Waals surface area contributed by atoms with Crippen LogP contribution in [-0.4, -0.2) is 46.8 Å². The normalized spacial score (nSPS) is 32.6. The number of hydrogen-bond donors (Lipinski definition) is 0. The summed E-state index contributed by atoms with van der Waals surface area (Å²) < 4.78 is 0. The highest BCUT2D eigenvalue weighted by molar-refractivity contribution is 5.83. The van der Waals surface area contributed by atoms with E-state index in [4.69, 9.17) is 0 Å². The summed E-state index contributed by atoms with van der Waals surface area (Å²) in [5.41, 5.74) is 0. The fourth-order valence-corrected chi connectivity index (χ4v) is 2.87. The highest BCUT2D eigenvalue weighted by Crippen LogP contribution is 2.35. The smallest absolute Gasteiger partial charge is 0.226 e. The Morgan fingerprint density at radius 2 is 1.11 bits per heavy atom. The van der Waals surface area contributed by atoms with Crippen LogP contribution in [0.2, 0.25) is 0 Å². The summed E-state index contributed by atoms with van der Waals surface area (Å²) in [5, 5.41) is 0. The summed E-state index contributed by atoms with van der Waals surface area (Å²) in [6.45, 7) is 5.57. The van der Waals surface area contributed by atoms with E-state index in [-0.39, 0.29) is 23.9 Å². The maximum Gasteiger partial charge on any atom is 0.226 e. The molecule has 0 aromatic rings. The quantitative estimate of drug-likeness (QED) is 0.740. The number of nitrogens with zero attached hydrogens (tertiary/aromatic N) is 2. The molecule has 0 aromatic carbocycles. The van der Waals surface area contributed by atoms with E-state index in [1.807, 2.05) is 9.80 Å². The Bertz CT molecular complexity index is 338. The van der Waals surface area contributed by atoms with E-state index in [0.717, 1.165) is 38.8 Å². The molecule has 0 unspecified atom stereocenters. The molecule has 1 aliphatic heterocycles. The van der Waals surface area contributed by atoms with Crippen molar-refractivity contribution in [1.29, 1.82) is 0 Å². The summed E-state index contributed by atoms with van der Waals surface area (Å²) in [5.74, 6) is 1.19. The lowest BCUT2D eigenvalue weighted by Crippen LogP contribution is -2.60. The van der Waals surface area contributed by atoms with Crippen molar-refractivity contribution in [3.8, 4) is 0 Å². The van der Waals surface area contributed by atoms with E-state index in [0.29, 0.717) is 11.8 Å². The van der Waals surface area contributed by atoms with Crippen LogP contribution in [0.1, 0.15) is 39.5 Å². The van der Waals surface area contributed by atoms with Crippen LogP contribution in [0.15, 0.2) is 0 Å². The third-order valence-corrected chi connectivity index (χ3v) is 4.41. The first-order valence-electron chi connectivity index (χ1n) is 7.19. The zero-order valence-electron chi connectivity index (χ0n) is 11.3. The molecule has 3 aliphatic rings. The van der Waals surface area contributed by atoms with Gasteiger partial charge in [0.15, 0.2) is 0 Å². The number of carbonyl (C=O) groups is 2. The van der Waals surface area contributed by atoms with Crippen molar-refractivity contribution >= 4 is 11.8 Å². The lowest BCUT2D eigenvalue weighted by Gasteiger charge is -2.44. The van der Waals surface area contributed by atoms with Crippen molar-refractivity contribution in [3.05, 3.63) is 0 Å². The predicted molar refractivity (Wildman–Crippen MR) is 67.8 cm³/mol. The summed E-state index contributed by atoms with van der Waals surface area (Å²) in [6.07, 6.45) is 4.23. The standard InChI is InChI=1S/C14H22N2O2/c1-9-7-16(14(18)12-5-6-12)10(2)8-15(9)13(17)11-3-4-11/h9-12H,3-8H2,1-2H3/t9-,10+. The van der Waals surface area contributed by atoms with Crippen LogP contribution in [0.3, 0.4) is 0 Å². The lowest BCUT2D eigenvalue weighted by atomic mass is 10.1. The molecule has 1 heterocycles. The van der Waals surface area contributed by atoms with Crippen molar-refractivity contribution in [2.24, 2.45) is 11.8 Å². The van der Waals surface area contributed by atoms with Crippen molar-refractivity contribution < 1.29 is 9.59 Å². The van der Waals surface area contributed by atoms with E-state index >= 15 is 0 Å². The number of carbonyl (C=O) groups excluding carboxylic acids is 2. The fraction of sp³-hybridized carbons (Fsp3) is 0.857. The zero-order chi connectivity index (χ0) is 12.9. The van der Waals surface area contributed by atoms with E-state index in [1.165, 1.54) is 0 Å². The van der Waals surface area contributed by atoms with Gasteiger partial charge in [0, 0.05) is 37.0 Å². The summed E-state index contributed by atoms with van der Waals surface area (Å²) in [7, 11) is 0. The molecule has 0 bridgehead atoms. The van der Waals surface area contributed by atoms with E-state index in [1.54, 1.807) is 0 Å². The first kappa shape index (κ1) is 12.0. The van der Waals surface area contributed by atoms with Crippen LogP contribution in [0.5, 0.6) is 0 Å². The van der Waals surface area contributed by atoms with Gasteiger partial charge in [-0.15, -0.1) is 0 Å². The number of rotatable bonds is 2.